The number of fused-ring (bicyclic) bond motifs is 1. The van der Waals surface area contributed by atoms with Gasteiger partial charge in [0.05, 0.1) is 11.1 Å². The average Bonchev–Trinajstić information content (AvgIpc) is 3.01. The molecular formula is C18H21N3O. The average molecular weight is 295 g/mol. The molecule has 1 atom stereocenters. The molecule has 1 aromatic carbocycles. The van der Waals surface area contributed by atoms with E-state index in [1.165, 1.54) is 13.0 Å². The zero-order chi connectivity index (χ0) is 15.2. The number of carbonyl (C=O) groups is 1. The molecule has 4 rings (SSSR count). The van der Waals surface area contributed by atoms with Gasteiger partial charge in [0.1, 0.15) is 0 Å². The predicted octanol–water partition coefficient (Wildman–Crippen LogP) is 2.55. The summed E-state index contributed by atoms with van der Waals surface area (Å²) in [5.74, 6) is 0.123. The maximum Gasteiger partial charge on any atom is 0.255 e. The lowest BCUT2D eigenvalue weighted by Crippen LogP contribution is -2.61. The quantitative estimate of drug-likeness (QED) is 0.854. The Labute approximate surface area is 130 Å². The van der Waals surface area contributed by atoms with Gasteiger partial charge in [-0.3, -0.25) is 14.7 Å². The predicted molar refractivity (Wildman–Crippen MR) is 86.9 cm³/mol. The van der Waals surface area contributed by atoms with Crippen LogP contribution in [-0.4, -0.2) is 52.4 Å². The van der Waals surface area contributed by atoms with E-state index in [1.807, 2.05) is 35.2 Å². The van der Waals surface area contributed by atoms with Crippen LogP contribution in [-0.2, 0) is 0 Å². The fourth-order valence-corrected chi connectivity index (χ4v) is 3.94. The summed E-state index contributed by atoms with van der Waals surface area (Å²) >= 11 is 0. The Bertz CT molecular complexity index is 727. The number of hydrogen-bond acceptors (Lipinski definition) is 3. The van der Waals surface area contributed by atoms with Gasteiger partial charge in [-0.1, -0.05) is 25.1 Å². The first-order valence-corrected chi connectivity index (χ1v) is 8.11. The van der Waals surface area contributed by atoms with Crippen LogP contribution in [0.15, 0.2) is 36.5 Å². The number of likely N-dealkylation sites (tertiary alicyclic amines) is 2. The second kappa shape index (κ2) is 5.06. The van der Waals surface area contributed by atoms with E-state index in [9.17, 15) is 4.79 Å². The summed E-state index contributed by atoms with van der Waals surface area (Å²) in [5.41, 5.74) is 1.90. The van der Waals surface area contributed by atoms with Gasteiger partial charge < -0.3 is 4.90 Å². The molecule has 2 aliphatic heterocycles. The monoisotopic (exact) mass is 295 g/mol. The van der Waals surface area contributed by atoms with Gasteiger partial charge in [0.25, 0.3) is 5.91 Å². The lowest BCUT2D eigenvalue weighted by molar-refractivity contribution is -0.000766. The highest BCUT2D eigenvalue weighted by Gasteiger charge is 2.49. The SMILES string of the molecule is CCN1CCC12CCN(C(=O)c1cnc3ccccc3c1)C2. The lowest BCUT2D eigenvalue weighted by atomic mass is 9.84. The summed E-state index contributed by atoms with van der Waals surface area (Å²) in [4.78, 5) is 21.7. The number of hydrogen-bond donors (Lipinski definition) is 0. The van der Waals surface area contributed by atoms with Crippen molar-refractivity contribution < 1.29 is 4.79 Å². The molecule has 2 fully saturated rings. The minimum absolute atomic E-state index is 0.123. The Morgan fingerprint density at radius 1 is 1.27 bits per heavy atom. The Balaban J connectivity index is 1.56. The maximum absolute atomic E-state index is 12.8. The second-order valence-corrected chi connectivity index (χ2v) is 6.45. The zero-order valence-corrected chi connectivity index (χ0v) is 13.0. The molecule has 1 unspecified atom stereocenters. The molecule has 4 heteroatoms. The van der Waals surface area contributed by atoms with Crippen molar-refractivity contribution in [1.82, 2.24) is 14.8 Å². The number of pyridine rings is 1. The summed E-state index contributed by atoms with van der Waals surface area (Å²) < 4.78 is 0. The highest BCUT2D eigenvalue weighted by molar-refractivity contribution is 5.97. The second-order valence-electron chi connectivity index (χ2n) is 6.45. The standard InChI is InChI=1S/C18H21N3O/c1-2-21-10-8-18(21)7-9-20(13-18)17(22)15-11-14-5-3-4-6-16(14)19-12-15/h3-6,11-12H,2,7-10,13H2,1H3. The van der Waals surface area contributed by atoms with Gasteiger partial charge in [-0.05, 0) is 31.5 Å². The topological polar surface area (TPSA) is 36.4 Å². The van der Waals surface area contributed by atoms with Gasteiger partial charge in [0.15, 0.2) is 0 Å². The first kappa shape index (κ1) is 13.7. The molecule has 0 saturated carbocycles. The van der Waals surface area contributed by atoms with Crippen LogP contribution in [0.1, 0.15) is 30.1 Å². The van der Waals surface area contributed by atoms with Crippen molar-refractivity contribution in [1.29, 1.82) is 0 Å². The first-order valence-electron chi connectivity index (χ1n) is 8.11. The molecule has 2 aliphatic rings. The van der Waals surface area contributed by atoms with Gasteiger partial charge in [-0.25, -0.2) is 0 Å². The largest absolute Gasteiger partial charge is 0.337 e. The van der Waals surface area contributed by atoms with Crippen LogP contribution in [0.2, 0.25) is 0 Å². The smallest absolute Gasteiger partial charge is 0.255 e. The van der Waals surface area contributed by atoms with Gasteiger partial charge >= 0.3 is 0 Å². The molecule has 3 heterocycles. The normalized spacial score (nSPS) is 24.9. The maximum atomic E-state index is 12.8. The first-order chi connectivity index (χ1) is 10.7. The molecular weight excluding hydrogens is 274 g/mol. The molecule has 1 aromatic heterocycles. The highest BCUT2D eigenvalue weighted by atomic mass is 16.2. The van der Waals surface area contributed by atoms with Crippen molar-refractivity contribution in [3.63, 3.8) is 0 Å². The molecule has 2 aromatic rings. The summed E-state index contributed by atoms with van der Waals surface area (Å²) in [6.45, 7) is 6.20. The van der Waals surface area contributed by atoms with Crippen LogP contribution in [0, 0.1) is 0 Å². The van der Waals surface area contributed by atoms with Crippen molar-refractivity contribution in [3.05, 3.63) is 42.1 Å². The van der Waals surface area contributed by atoms with E-state index in [0.29, 0.717) is 5.56 Å². The van der Waals surface area contributed by atoms with Crippen molar-refractivity contribution >= 4 is 16.8 Å². The molecule has 4 nitrogen and oxygen atoms in total. The fraction of sp³-hybridized carbons (Fsp3) is 0.444. The van der Waals surface area contributed by atoms with Crippen molar-refractivity contribution in [3.8, 4) is 0 Å². The van der Waals surface area contributed by atoms with E-state index in [4.69, 9.17) is 0 Å². The van der Waals surface area contributed by atoms with Crippen molar-refractivity contribution in [2.75, 3.05) is 26.2 Å². The number of likely N-dealkylation sites (N-methyl/N-ethyl adjacent to an activating group) is 1. The Morgan fingerprint density at radius 2 is 2.09 bits per heavy atom. The van der Waals surface area contributed by atoms with E-state index < -0.39 is 0 Å². The number of aromatic nitrogens is 1. The number of para-hydroxylation sites is 1. The molecule has 114 valence electrons. The van der Waals surface area contributed by atoms with Gasteiger partial charge in [-0.2, -0.15) is 0 Å². The number of rotatable bonds is 2. The number of benzene rings is 1. The van der Waals surface area contributed by atoms with E-state index in [0.717, 1.165) is 37.0 Å². The Kier molecular flexibility index (Phi) is 3.15. The van der Waals surface area contributed by atoms with Crippen LogP contribution < -0.4 is 0 Å². The van der Waals surface area contributed by atoms with Crippen LogP contribution in [0.5, 0.6) is 0 Å². The van der Waals surface area contributed by atoms with Crippen LogP contribution in [0.25, 0.3) is 10.9 Å². The third-order valence-corrected chi connectivity index (χ3v) is 5.36. The van der Waals surface area contributed by atoms with Gasteiger partial charge in [-0.15, -0.1) is 0 Å². The van der Waals surface area contributed by atoms with E-state index in [-0.39, 0.29) is 11.4 Å². The Hall–Kier alpha value is -1.94. The van der Waals surface area contributed by atoms with Crippen LogP contribution >= 0.6 is 0 Å². The third kappa shape index (κ3) is 2.02. The molecule has 0 radical (unpaired) electrons. The summed E-state index contributed by atoms with van der Waals surface area (Å²) in [5, 5.41) is 1.03. The van der Waals surface area contributed by atoms with Crippen molar-refractivity contribution in [2.45, 2.75) is 25.3 Å². The zero-order valence-electron chi connectivity index (χ0n) is 13.0. The van der Waals surface area contributed by atoms with Crippen LogP contribution in [0.4, 0.5) is 0 Å². The van der Waals surface area contributed by atoms with Crippen LogP contribution in [0.3, 0.4) is 0 Å². The minimum atomic E-state index is 0.123. The molecule has 1 amide bonds. The summed E-state index contributed by atoms with van der Waals surface area (Å²) in [6, 6.07) is 9.90. The molecule has 0 bridgehead atoms. The van der Waals surface area contributed by atoms with Crippen molar-refractivity contribution in [2.24, 2.45) is 0 Å². The number of carbonyl (C=O) groups excluding carboxylic acids is 1. The molecule has 0 N–H and O–H groups in total. The Morgan fingerprint density at radius 3 is 2.86 bits per heavy atom. The summed E-state index contributed by atoms with van der Waals surface area (Å²) in [6.07, 6.45) is 4.04. The lowest BCUT2D eigenvalue weighted by Gasteiger charge is -2.50. The van der Waals surface area contributed by atoms with Gasteiger partial charge in [0.2, 0.25) is 0 Å². The van der Waals surface area contributed by atoms with Gasteiger partial charge in [0, 0.05) is 36.8 Å². The van der Waals surface area contributed by atoms with E-state index >= 15 is 0 Å². The fourth-order valence-electron chi connectivity index (χ4n) is 3.94. The number of amides is 1. The summed E-state index contributed by atoms with van der Waals surface area (Å²) in [7, 11) is 0. The third-order valence-electron chi connectivity index (χ3n) is 5.36. The highest BCUT2D eigenvalue weighted by Crippen LogP contribution is 2.39. The molecule has 0 aliphatic carbocycles. The molecule has 22 heavy (non-hydrogen) atoms. The minimum Gasteiger partial charge on any atom is -0.337 e. The molecule has 2 saturated heterocycles. The van der Waals surface area contributed by atoms with E-state index in [1.54, 1.807) is 6.20 Å². The van der Waals surface area contributed by atoms with E-state index in [2.05, 4.69) is 16.8 Å². The number of nitrogens with zero attached hydrogens (tertiary/aromatic N) is 3. The molecule has 1 spiro atoms.